The number of carboxylic acids is 1. The van der Waals surface area contributed by atoms with Crippen LogP contribution in [0.15, 0.2) is 55.1 Å². The van der Waals surface area contributed by atoms with Gasteiger partial charge in [0, 0.05) is 25.4 Å². The van der Waals surface area contributed by atoms with Crippen molar-refractivity contribution in [2.45, 2.75) is 56.3 Å². The maximum absolute atomic E-state index is 14.4. The van der Waals surface area contributed by atoms with E-state index in [0.717, 1.165) is 23.6 Å². The van der Waals surface area contributed by atoms with Crippen LogP contribution in [0.4, 0.5) is 5.69 Å². The number of carbonyl (C=O) groups is 3. The Morgan fingerprint density at radius 3 is 2.62 bits per heavy atom. The summed E-state index contributed by atoms with van der Waals surface area (Å²) in [6.07, 6.45) is 5.08. The van der Waals surface area contributed by atoms with E-state index in [2.05, 4.69) is 6.58 Å². The molecule has 8 heteroatoms. The van der Waals surface area contributed by atoms with E-state index in [9.17, 15) is 19.5 Å². The predicted molar refractivity (Wildman–Crippen MR) is 139 cm³/mol. The molecule has 2 amide bonds. The molecule has 2 unspecified atom stereocenters. The molecule has 0 aliphatic carbocycles. The third kappa shape index (κ3) is 4.22. The Kier molecular flexibility index (Phi) is 7.05. The molecule has 0 radical (unpaired) electrons. The Balaban J connectivity index is 1.51. The summed E-state index contributed by atoms with van der Waals surface area (Å²) in [4.78, 5) is 43.6. The van der Waals surface area contributed by atoms with Gasteiger partial charge in [0.2, 0.25) is 5.91 Å². The lowest BCUT2D eigenvalue weighted by Gasteiger charge is -2.36. The van der Waals surface area contributed by atoms with Crippen molar-refractivity contribution in [1.29, 1.82) is 0 Å². The van der Waals surface area contributed by atoms with Crippen molar-refractivity contribution in [2.75, 3.05) is 24.6 Å². The zero-order valence-electron chi connectivity index (χ0n) is 20.9. The first-order valence-corrected chi connectivity index (χ1v) is 13.2. The summed E-state index contributed by atoms with van der Waals surface area (Å²) in [5, 5.41) is 21.1. The number of rotatable bonds is 11. The quantitative estimate of drug-likeness (QED) is 0.358. The summed E-state index contributed by atoms with van der Waals surface area (Å²) >= 11 is 0. The summed E-state index contributed by atoms with van der Waals surface area (Å²) in [6, 6.07) is 12.8. The van der Waals surface area contributed by atoms with Crippen LogP contribution in [0.3, 0.4) is 0 Å². The molecule has 37 heavy (non-hydrogen) atoms. The van der Waals surface area contributed by atoms with Gasteiger partial charge >= 0.3 is 5.97 Å². The van der Waals surface area contributed by atoms with Crippen molar-refractivity contribution in [3.8, 4) is 0 Å². The Morgan fingerprint density at radius 2 is 1.89 bits per heavy atom. The van der Waals surface area contributed by atoms with Gasteiger partial charge in [0.1, 0.15) is 11.6 Å². The fourth-order valence-electron chi connectivity index (χ4n) is 6.65. The van der Waals surface area contributed by atoms with E-state index in [0.29, 0.717) is 37.9 Å². The van der Waals surface area contributed by atoms with Crippen LogP contribution in [0.2, 0.25) is 0 Å². The predicted octanol–water partition coefficient (Wildman–Crippen LogP) is 3.37. The molecule has 0 aromatic heterocycles. The number of aliphatic carboxylic acids is 1. The second kappa shape index (κ2) is 10.3. The Morgan fingerprint density at radius 1 is 1.14 bits per heavy atom. The van der Waals surface area contributed by atoms with Crippen LogP contribution in [0.25, 0.3) is 10.8 Å². The van der Waals surface area contributed by atoms with E-state index in [1.807, 2.05) is 42.5 Å². The lowest BCUT2D eigenvalue weighted by Crippen LogP contribution is -2.56. The molecular weight excluding hydrogens is 472 g/mol. The van der Waals surface area contributed by atoms with Crippen LogP contribution in [0.1, 0.15) is 38.5 Å². The molecule has 2 N–H and O–H groups in total. The van der Waals surface area contributed by atoms with Gasteiger partial charge in [-0.3, -0.25) is 14.4 Å². The zero-order valence-corrected chi connectivity index (χ0v) is 20.9. The van der Waals surface area contributed by atoms with Crippen molar-refractivity contribution in [3.63, 3.8) is 0 Å². The highest BCUT2D eigenvalue weighted by Crippen LogP contribution is 2.58. The summed E-state index contributed by atoms with van der Waals surface area (Å²) in [5.74, 6) is -3.42. The molecule has 1 spiro atoms. The number of ether oxygens (including phenoxy) is 1. The van der Waals surface area contributed by atoms with Gasteiger partial charge in [-0.25, -0.2) is 0 Å². The van der Waals surface area contributed by atoms with Crippen LogP contribution in [-0.4, -0.2) is 70.3 Å². The summed E-state index contributed by atoms with van der Waals surface area (Å²) in [6.45, 7) is 4.57. The lowest BCUT2D eigenvalue weighted by atomic mass is 9.70. The van der Waals surface area contributed by atoms with Crippen molar-refractivity contribution in [3.05, 3.63) is 55.1 Å². The number of likely N-dealkylation sites (tertiary alicyclic amines) is 1. The molecule has 5 rings (SSSR count). The minimum Gasteiger partial charge on any atom is -0.481 e. The van der Waals surface area contributed by atoms with E-state index in [4.69, 9.17) is 9.84 Å². The minimum atomic E-state index is -1.14. The summed E-state index contributed by atoms with van der Waals surface area (Å²) < 4.78 is 6.32. The van der Waals surface area contributed by atoms with Crippen molar-refractivity contribution >= 4 is 34.2 Å². The van der Waals surface area contributed by atoms with Gasteiger partial charge < -0.3 is 24.7 Å². The van der Waals surface area contributed by atoms with E-state index in [-0.39, 0.29) is 25.0 Å². The maximum atomic E-state index is 14.4. The number of aliphatic hydroxyl groups excluding tert-OH is 1. The van der Waals surface area contributed by atoms with Gasteiger partial charge in [-0.2, -0.15) is 0 Å². The van der Waals surface area contributed by atoms with Crippen molar-refractivity contribution in [2.24, 2.45) is 11.8 Å². The molecule has 3 fully saturated rings. The molecule has 8 nitrogen and oxygen atoms in total. The van der Waals surface area contributed by atoms with Crippen LogP contribution >= 0.6 is 0 Å². The topological polar surface area (TPSA) is 107 Å². The summed E-state index contributed by atoms with van der Waals surface area (Å²) in [5.41, 5.74) is -0.440. The van der Waals surface area contributed by atoms with E-state index >= 15 is 0 Å². The fraction of sp³-hybridized carbons (Fsp3) is 0.483. The molecular formula is C29H34N2O6. The van der Waals surface area contributed by atoms with Crippen LogP contribution in [-0.2, 0) is 19.1 Å². The van der Waals surface area contributed by atoms with E-state index in [1.165, 1.54) is 0 Å². The van der Waals surface area contributed by atoms with Gasteiger partial charge in [0.15, 0.2) is 0 Å². The third-order valence-electron chi connectivity index (χ3n) is 8.25. The van der Waals surface area contributed by atoms with Gasteiger partial charge in [-0.1, -0.05) is 49.2 Å². The van der Waals surface area contributed by atoms with Gasteiger partial charge in [-0.05, 0) is 48.6 Å². The fourth-order valence-corrected chi connectivity index (χ4v) is 6.65. The number of anilines is 1. The second-order valence-corrected chi connectivity index (χ2v) is 10.3. The minimum absolute atomic E-state index is 0.118. The normalized spacial score (nSPS) is 28.0. The number of amides is 2. The monoisotopic (exact) mass is 506 g/mol. The van der Waals surface area contributed by atoms with Gasteiger partial charge in [0.25, 0.3) is 5.91 Å². The highest BCUT2D eigenvalue weighted by atomic mass is 16.5. The average Bonchev–Trinajstić information content (AvgIpc) is 3.54. The maximum Gasteiger partial charge on any atom is 0.310 e. The van der Waals surface area contributed by atoms with Crippen LogP contribution in [0.5, 0.6) is 0 Å². The molecule has 3 aliphatic rings. The molecule has 2 bridgehead atoms. The SMILES string of the molecule is C=CCN(C(=O)C1N(CCCCCCO)C(=O)[C@@H]2[C@H](C(=O)O)[C@@H]3CCC12O3)c1ccc2ccccc2c1. The molecule has 3 aliphatic heterocycles. The number of hydrogen-bond acceptors (Lipinski definition) is 5. The second-order valence-electron chi connectivity index (χ2n) is 10.3. The molecule has 2 aromatic carbocycles. The van der Waals surface area contributed by atoms with E-state index < -0.39 is 35.6 Å². The van der Waals surface area contributed by atoms with Crippen LogP contribution in [0, 0.1) is 11.8 Å². The molecule has 3 heterocycles. The molecule has 196 valence electrons. The first-order valence-electron chi connectivity index (χ1n) is 13.2. The van der Waals surface area contributed by atoms with Crippen molar-refractivity contribution < 1.29 is 29.3 Å². The highest BCUT2D eigenvalue weighted by molar-refractivity contribution is 6.05. The Hall–Kier alpha value is -3.23. The first-order chi connectivity index (χ1) is 17.9. The van der Waals surface area contributed by atoms with Crippen molar-refractivity contribution in [1.82, 2.24) is 4.90 Å². The number of fused-ring (bicyclic) bond motifs is 2. The number of aliphatic hydroxyl groups is 1. The number of nitrogens with zero attached hydrogens (tertiary/aromatic N) is 2. The number of carboxylic acid groups (broad SMARTS) is 1. The standard InChI is InChI=1S/C29H34N2O6/c1-2-15-30(21-12-11-19-9-5-6-10-20(19)18-21)27(34)25-29-14-13-22(37-29)23(28(35)36)24(29)26(33)31(25)16-7-3-4-8-17-32/h2,5-6,9-12,18,22-25,32H,1,3-4,7-8,13-17H2,(H,35,36)/t22-,23+,24-,25?,29?/m0/s1. The number of hydrogen-bond donors (Lipinski definition) is 2. The van der Waals surface area contributed by atoms with Gasteiger partial charge in [0.05, 0.1) is 17.9 Å². The largest absolute Gasteiger partial charge is 0.481 e. The van der Waals surface area contributed by atoms with Gasteiger partial charge in [-0.15, -0.1) is 6.58 Å². The zero-order chi connectivity index (χ0) is 26.2. The Labute approximate surface area is 216 Å². The molecule has 0 saturated carbocycles. The third-order valence-corrected chi connectivity index (χ3v) is 8.25. The van der Waals surface area contributed by atoms with E-state index in [1.54, 1.807) is 15.9 Å². The first kappa shape index (κ1) is 25.4. The number of carbonyl (C=O) groups excluding carboxylic acids is 2. The summed E-state index contributed by atoms with van der Waals surface area (Å²) in [7, 11) is 0. The average molecular weight is 507 g/mol. The number of benzene rings is 2. The molecule has 2 aromatic rings. The molecule has 5 atom stereocenters. The smallest absolute Gasteiger partial charge is 0.310 e. The molecule has 3 saturated heterocycles. The highest BCUT2D eigenvalue weighted by Gasteiger charge is 2.74. The number of unbranched alkanes of at least 4 members (excludes halogenated alkanes) is 3. The van der Waals surface area contributed by atoms with Crippen LogP contribution < -0.4 is 4.90 Å². The Bertz CT molecular complexity index is 1210. The lowest BCUT2D eigenvalue weighted by molar-refractivity contribution is -0.149.